The van der Waals surface area contributed by atoms with Crippen molar-refractivity contribution in [2.75, 3.05) is 5.32 Å². The van der Waals surface area contributed by atoms with Gasteiger partial charge in [-0.2, -0.15) is 0 Å². The fourth-order valence-corrected chi connectivity index (χ4v) is 2.32. The predicted octanol–water partition coefficient (Wildman–Crippen LogP) is 2.77. The van der Waals surface area contributed by atoms with Crippen molar-refractivity contribution in [1.82, 2.24) is 9.55 Å². The molecule has 1 heterocycles. The van der Waals surface area contributed by atoms with E-state index in [0.29, 0.717) is 17.4 Å². The summed E-state index contributed by atoms with van der Waals surface area (Å²) >= 11 is 5.96. The zero-order valence-electron chi connectivity index (χ0n) is 12.0. The summed E-state index contributed by atoms with van der Waals surface area (Å²) < 4.78 is 1.19. The Kier molecular flexibility index (Phi) is 4.85. The number of hydrogen-bond acceptors (Lipinski definition) is 3. The molecular formula is C15H18ClN3O2. The zero-order valence-corrected chi connectivity index (χ0v) is 12.8. The minimum absolute atomic E-state index is 0.0826. The molecule has 0 saturated carbocycles. The van der Waals surface area contributed by atoms with Crippen LogP contribution in [0.4, 0.5) is 5.82 Å². The summed E-state index contributed by atoms with van der Waals surface area (Å²) in [7, 11) is 0. The maximum absolute atomic E-state index is 11.9. The van der Waals surface area contributed by atoms with Gasteiger partial charge >= 0.3 is 5.69 Å². The van der Waals surface area contributed by atoms with Crippen LogP contribution in [0.3, 0.4) is 0 Å². The van der Waals surface area contributed by atoms with Crippen LogP contribution in [0.1, 0.15) is 31.9 Å². The van der Waals surface area contributed by atoms with Crippen molar-refractivity contribution in [3.8, 4) is 0 Å². The molecule has 0 aliphatic rings. The van der Waals surface area contributed by atoms with Crippen LogP contribution in [0.15, 0.2) is 39.9 Å². The molecule has 2 rings (SSSR count). The van der Waals surface area contributed by atoms with E-state index in [1.54, 1.807) is 6.07 Å². The average molecular weight is 308 g/mol. The van der Waals surface area contributed by atoms with Crippen molar-refractivity contribution in [3.63, 3.8) is 0 Å². The maximum atomic E-state index is 11.9. The third-order valence-electron chi connectivity index (χ3n) is 3.19. The predicted molar refractivity (Wildman–Crippen MR) is 85.1 cm³/mol. The Morgan fingerprint density at radius 1 is 1.33 bits per heavy atom. The van der Waals surface area contributed by atoms with Crippen molar-refractivity contribution in [3.05, 3.63) is 61.8 Å². The standard InChI is InChI=1S/C15H18ClN3O2/c1-3-7-19-14(20)9-13(18-15(19)21)17-10(2)11-5-4-6-12(16)8-11/h4-6,8-10,17H,3,7H2,1-2H3,(H,18,21). The monoisotopic (exact) mass is 307 g/mol. The van der Waals surface area contributed by atoms with Crippen LogP contribution >= 0.6 is 11.6 Å². The first-order valence-electron chi connectivity index (χ1n) is 6.87. The van der Waals surface area contributed by atoms with Gasteiger partial charge in [0.1, 0.15) is 5.82 Å². The number of benzene rings is 1. The van der Waals surface area contributed by atoms with Crippen LogP contribution in [0.5, 0.6) is 0 Å². The Hall–Kier alpha value is -2.01. The van der Waals surface area contributed by atoms with Crippen molar-refractivity contribution in [2.45, 2.75) is 32.9 Å². The molecule has 0 bridgehead atoms. The highest BCUT2D eigenvalue weighted by Crippen LogP contribution is 2.19. The van der Waals surface area contributed by atoms with Crippen LogP contribution in [-0.4, -0.2) is 9.55 Å². The third kappa shape index (κ3) is 3.76. The third-order valence-corrected chi connectivity index (χ3v) is 3.42. The molecule has 0 saturated heterocycles. The smallest absolute Gasteiger partial charge is 0.329 e. The van der Waals surface area contributed by atoms with E-state index in [0.717, 1.165) is 12.0 Å². The number of halogens is 1. The van der Waals surface area contributed by atoms with Crippen LogP contribution in [0, 0.1) is 0 Å². The molecule has 0 spiro atoms. The van der Waals surface area contributed by atoms with Gasteiger partial charge < -0.3 is 5.32 Å². The molecule has 0 amide bonds. The molecule has 6 heteroatoms. The van der Waals surface area contributed by atoms with E-state index in [-0.39, 0.29) is 11.6 Å². The summed E-state index contributed by atoms with van der Waals surface area (Å²) in [6, 6.07) is 8.75. The quantitative estimate of drug-likeness (QED) is 0.892. The maximum Gasteiger partial charge on any atom is 0.329 e. The van der Waals surface area contributed by atoms with Gasteiger partial charge in [0.25, 0.3) is 5.56 Å². The van der Waals surface area contributed by atoms with Gasteiger partial charge in [-0.15, -0.1) is 0 Å². The molecule has 21 heavy (non-hydrogen) atoms. The van der Waals surface area contributed by atoms with Crippen molar-refractivity contribution in [2.24, 2.45) is 0 Å². The lowest BCUT2D eigenvalue weighted by Gasteiger charge is -2.16. The highest BCUT2D eigenvalue weighted by atomic mass is 35.5. The van der Waals surface area contributed by atoms with E-state index in [9.17, 15) is 9.59 Å². The second kappa shape index (κ2) is 6.63. The SMILES string of the molecule is CCCn1c(=O)cc(NC(C)c2cccc(Cl)c2)[nH]c1=O. The fraction of sp³-hybridized carbons (Fsp3) is 0.333. The minimum Gasteiger partial charge on any atom is -0.365 e. The molecule has 1 unspecified atom stereocenters. The Morgan fingerprint density at radius 2 is 2.10 bits per heavy atom. The molecule has 112 valence electrons. The Balaban J connectivity index is 2.24. The number of H-pyrrole nitrogens is 1. The minimum atomic E-state index is -0.398. The summed E-state index contributed by atoms with van der Waals surface area (Å²) in [5, 5.41) is 3.76. The first-order valence-corrected chi connectivity index (χ1v) is 7.25. The van der Waals surface area contributed by atoms with Gasteiger partial charge in [0.15, 0.2) is 0 Å². The summed E-state index contributed by atoms with van der Waals surface area (Å²) in [4.78, 5) is 26.5. The Bertz CT molecular complexity index is 705. The number of hydrogen-bond donors (Lipinski definition) is 2. The molecule has 0 fully saturated rings. The zero-order chi connectivity index (χ0) is 15.4. The van der Waals surface area contributed by atoms with Crippen molar-refractivity contribution >= 4 is 17.4 Å². The van der Waals surface area contributed by atoms with E-state index in [4.69, 9.17) is 11.6 Å². The van der Waals surface area contributed by atoms with Crippen molar-refractivity contribution < 1.29 is 0 Å². The highest BCUT2D eigenvalue weighted by molar-refractivity contribution is 6.30. The summed E-state index contributed by atoms with van der Waals surface area (Å²) in [5.74, 6) is 0.407. The van der Waals surface area contributed by atoms with Crippen LogP contribution in [-0.2, 0) is 6.54 Å². The van der Waals surface area contributed by atoms with Gasteiger partial charge in [0.05, 0.1) is 0 Å². The number of nitrogens with one attached hydrogen (secondary N) is 2. The normalized spacial score (nSPS) is 12.1. The van der Waals surface area contributed by atoms with Gasteiger partial charge in [0, 0.05) is 23.7 Å². The topological polar surface area (TPSA) is 66.9 Å². The van der Waals surface area contributed by atoms with Gasteiger partial charge in [-0.25, -0.2) is 4.79 Å². The molecule has 0 radical (unpaired) electrons. The van der Waals surface area contributed by atoms with Gasteiger partial charge in [-0.1, -0.05) is 30.7 Å². The van der Waals surface area contributed by atoms with E-state index in [2.05, 4.69) is 10.3 Å². The summed E-state index contributed by atoms with van der Waals surface area (Å²) in [5.41, 5.74) is 0.271. The van der Waals surface area contributed by atoms with Crippen LogP contribution < -0.4 is 16.6 Å². The molecule has 0 aliphatic heterocycles. The second-order valence-corrected chi connectivity index (χ2v) is 5.34. The van der Waals surface area contributed by atoms with Crippen LogP contribution in [0.2, 0.25) is 5.02 Å². The number of anilines is 1. The van der Waals surface area contributed by atoms with E-state index in [1.165, 1.54) is 10.6 Å². The lowest BCUT2D eigenvalue weighted by Crippen LogP contribution is -2.35. The van der Waals surface area contributed by atoms with Gasteiger partial charge in [-0.05, 0) is 31.0 Å². The first-order chi connectivity index (χ1) is 10.0. The summed E-state index contributed by atoms with van der Waals surface area (Å²) in [6.45, 7) is 4.26. The fourth-order valence-electron chi connectivity index (χ4n) is 2.13. The highest BCUT2D eigenvalue weighted by Gasteiger charge is 2.08. The van der Waals surface area contributed by atoms with Gasteiger partial charge in [-0.3, -0.25) is 14.3 Å². The molecule has 1 aromatic heterocycles. The molecule has 2 N–H and O–H groups in total. The molecule has 0 aliphatic carbocycles. The summed E-state index contributed by atoms with van der Waals surface area (Å²) in [6.07, 6.45) is 0.731. The lowest BCUT2D eigenvalue weighted by atomic mass is 10.1. The number of nitrogens with zero attached hydrogens (tertiary/aromatic N) is 1. The van der Waals surface area contributed by atoms with Gasteiger partial charge in [0.2, 0.25) is 0 Å². The second-order valence-electron chi connectivity index (χ2n) is 4.90. The van der Waals surface area contributed by atoms with E-state index in [1.807, 2.05) is 32.0 Å². The average Bonchev–Trinajstić information content (AvgIpc) is 2.43. The first kappa shape index (κ1) is 15.4. The molecule has 1 aromatic carbocycles. The molecule has 1 atom stereocenters. The lowest BCUT2D eigenvalue weighted by molar-refractivity contribution is 0.615. The van der Waals surface area contributed by atoms with E-state index >= 15 is 0 Å². The van der Waals surface area contributed by atoms with E-state index < -0.39 is 5.69 Å². The molecular weight excluding hydrogens is 290 g/mol. The molecule has 5 nitrogen and oxygen atoms in total. The Morgan fingerprint density at radius 3 is 2.71 bits per heavy atom. The molecule has 2 aromatic rings. The van der Waals surface area contributed by atoms with Crippen LogP contribution in [0.25, 0.3) is 0 Å². The largest absolute Gasteiger partial charge is 0.365 e. The number of rotatable bonds is 5. The number of aromatic nitrogens is 2. The Labute approximate surface area is 127 Å². The van der Waals surface area contributed by atoms with Crippen molar-refractivity contribution in [1.29, 1.82) is 0 Å². The number of aromatic amines is 1.